The second-order valence-electron chi connectivity index (χ2n) is 8.53. The van der Waals surface area contributed by atoms with Gasteiger partial charge >= 0.3 is 0 Å². The van der Waals surface area contributed by atoms with Gasteiger partial charge in [-0.05, 0) is 72.0 Å². The number of hydrogen-bond acceptors (Lipinski definition) is 2. The summed E-state index contributed by atoms with van der Waals surface area (Å²) < 4.78 is 7.59. The van der Waals surface area contributed by atoms with E-state index < -0.39 is 5.91 Å². The number of aromatic nitrogens is 1. The van der Waals surface area contributed by atoms with Crippen molar-refractivity contribution < 1.29 is 9.53 Å². The SMILES string of the molecule is COc1ccc(-c2ccc3c4c(C(N)=O)cccc4n(Cc4ccc(C)c(C)c4)c3c2)cc1. The summed E-state index contributed by atoms with van der Waals surface area (Å²) in [6.07, 6.45) is 0. The molecule has 5 aromatic rings. The Kier molecular flexibility index (Phi) is 5.14. The van der Waals surface area contributed by atoms with Crippen LogP contribution in [0.2, 0.25) is 0 Å². The molecule has 4 heteroatoms. The van der Waals surface area contributed by atoms with Gasteiger partial charge in [0.1, 0.15) is 5.75 Å². The minimum atomic E-state index is -0.412. The molecule has 0 atom stereocenters. The number of fused-ring (bicyclic) bond motifs is 3. The van der Waals surface area contributed by atoms with E-state index in [2.05, 4.69) is 73.0 Å². The number of nitrogens with two attached hydrogens (primary N) is 1. The van der Waals surface area contributed by atoms with Crippen molar-refractivity contribution in [3.63, 3.8) is 0 Å². The molecule has 1 amide bonds. The molecule has 1 heterocycles. The van der Waals surface area contributed by atoms with Crippen LogP contribution in [0.5, 0.6) is 5.75 Å². The van der Waals surface area contributed by atoms with Crippen molar-refractivity contribution in [3.8, 4) is 16.9 Å². The van der Waals surface area contributed by atoms with E-state index in [1.165, 1.54) is 16.7 Å². The predicted molar refractivity (Wildman–Crippen MR) is 135 cm³/mol. The monoisotopic (exact) mass is 434 g/mol. The van der Waals surface area contributed by atoms with Gasteiger partial charge in [-0.3, -0.25) is 4.79 Å². The molecular formula is C29H26N2O2. The van der Waals surface area contributed by atoms with Crippen LogP contribution in [-0.2, 0) is 6.54 Å². The van der Waals surface area contributed by atoms with Crippen LogP contribution < -0.4 is 10.5 Å². The molecule has 1 aromatic heterocycles. The van der Waals surface area contributed by atoms with Crippen LogP contribution in [0.15, 0.2) is 78.9 Å². The molecule has 0 aliphatic carbocycles. The Morgan fingerprint density at radius 3 is 2.30 bits per heavy atom. The Morgan fingerprint density at radius 2 is 1.61 bits per heavy atom. The van der Waals surface area contributed by atoms with Gasteiger partial charge in [0.25, 0.3) is 0 Å². The van der Waals surface area contributed by atoms with Crippen LogP contribution in [0.3, 0.4) is 0 Å². The fourth-order valence-electron chi connectivity index (χ4n) is 4.57. The Bertz CT molecular complexity index is 1510. The highest BCUT2D eigenvalue weighted by molar-refractivity contribution is 6.18. The number of carbonyl (C=O) groups excluding carboxylic acids is 1. The first-order valence-corrected chi connectivity index (χ1v) is 11.0. The van der Waals surface area contributed by atoms with Gasteiger partial charge < -0.3 is 15.0 Å². The molecule has 2 N–H and O–H groups in total. The van der Waals surface area contributed by atoms with Crippen molar-refractivity contribution >= 4 is 27.7 Å². The third-order valence-electron chi connectivity index (χ3n) is 6.49. The van der Waals surface area contributed by atoms with Gasteiger partial charge in [-0.2, -0.15) is 0 Å². The van der Waals surface area contributed by atoms with Gasteiger partial charge in [0.05, 0.1) is 18.1 Å². The summed E-state index contributed by atoms with van der Waals surface area (Å²) in [5, 5.41) is 1.94. The molecule has 0 spiro atoms. The lowest BCUT2D eigenvalue weighted by molar-refractivity contribution is 0.100. The van der Waals surface area contributed by atoms with E-state index in [1.54, 1.807) is 7.11 Å². The Labute approximate surface area is 193 Å². The van der Waals surface area contributed by atoms with E-state index in [9.17, 15) is 4.79 Å². The number of rotatable bonds is 5. The summed E-state index contributed by atoms with van der Waals surface area (Å²) in [5.74, 6) is 0.417. The largest absolute Gasteiger partial charge is 0.497 e. The molecule has 0 radical (unpaired) electrons. The van der Waals surface area contributed by atoms with Gasteiger partial charge in [-0.25, -0.2) is 0 Å². The quantitative estimate of drug-likeness (QED) is 0.356. The first-order valence-electron chi connectivity index (χ1n) is 11.0. The molecule has 4 nitrogen and oxygen atoms in total. The van der Waals surface area contributed by atoms with Crippen molar-refractivity contribution in [2.75, 3.05) is 7.11 Å². The number of carbonyl (C=O) groups is 1. The fourth-order valence-corrected chi connectivity index (χ4v) is 4.57. The van der Waals surface area contributed by atoms with Crippen molar-refractivity contribution in [3.05, 3.63) is 101 Å². The third-order valence-corrected chi connectivity index (χ3v) is 6.49. The average molecular weight is 435 g/mol. The number of ether oxygens (including phenoxy) is 1. The van der Waals surface area contributed by atoms with Gasteiger partial charge in [0.15, 0.2) is 0 Å². The highest BCUT2D eigenvalue weighted by Gasteiger charge is 2.17. The van der Waals surface area contributed by atoms with Crippen LogP contribution in [0, 0.1) is 13.8 Å². The average Bonchev–Trinajstić information content (AvgIpc) is 3.14. The van der Waals surface area contributed by atoms with Gasteiger partial charge in [0.2, 0.25) is 5.91 Å². The van der Waals surface area contributed by atoms with Crippen molar-refractivity contribution in [1.82, 2.24) is 4.57 Å². The Hall–Kier alpha value is -4.05. The zero-order valence-electron chi connectivity index (χ0n) is 19.1. The zero-order chi connectivity index (χ0) is 23.1. The maximum absolute atomic E-state index is 12.3. The normalized spacial score (nSPS) is 11.2. The van der Waals surface area contributed by atoms with E-state index in [4.69, 9.17) is 10.5 Å². The molecule has 5 rings (SSSR count). The third kappa shape index (κ3) is 3.64. The molecule has 0 unspecified atom stereocenters. The second-order valence-corrected chi connectivity index (χ2v) is 8.53. The molecular weight excluding hydrogens is 408 g/mol. The highest BCUT2D eigenvalue weighted by Crippen LogP contribution is 2.35. The lowest BCUT2D eigenvalue weighted by Gasteiger charge is -2.11. The summed E-state index contributed by atoms with van der Waals surface area (Å²) in [5.41, 5.74) is 14.4. The summed E-state index contributed by atoms with van der Waals surface area (Å²) in [6, 6.07) is 26.8. The minimum absolute atomic E-state index is 0.412. The molecule has 0 saturated carbocycles. The van der Waals surface area contributed by atoms with Crippen LogP contribution in [0.4, 0.5) is 0 Å². The van der Waals surface area contributed by atoms with E-state index in [0.29, 0.717) is 12.1 Å². The summed E-state index contributed by atoms with van der Waals surface area (Å²) >= 11 is 0. The number of amides is 1. The van der Waals surface area contributed by atoms with E-state index in [1.807, 2.05) is 24.3 Å². The molecule has 0 fully saturated rings. The number of hydrogen-bond donors (Lipinski definition) is 1. The Balaban J connectivity index is 1.76. The number of aryl methyl sites for hydroxylation is 2. The smallest absolute Gasteiger partial charge is 0.249 e. The summed E-state index contributed by atoms with van der Waals surface area (Å²) in [7, 11) is 1.67. The molecule has 164 valence electrons. The van der Waals surface area contributed by atoms with Crippen LogP contribution in [0.1, 0.15) is 27.0 Å². The van der Waals surface area contributed by atoms with Crippen molar-refractivity contribution in [2.24, 2.45) is 5.73 Å². The molecule has 0 aliphatic heterocycles. The van der Waals surface area contributed by atoms with E-state index >= 15 is 0 Å². The van der Waals surface area contributed by atoms with Gasteiger partial charge in [-0.15, -0.1) is 0 Å². The lowest BCUT2D eigenvalue weighted by Crippen LogP contribution is -2.11. The molecule has 0 bridgehead atoms. The molecule has 4 aromatic carbocycles. The molecule has 0 aliphatic rings. The molecule has 0 saturated heterocycles. The van der Waals surface area contributed by atoms with Crippen molar-refractivity contribution in [1.29, 1.82) is 0 Å². The van der Waals surface area contributed by atoms with Crippen LogP contribution >= 0.6 is 0 Å². The molecule has 33 heavy (non-hydrogen) atoms. The van der Waals surface area contributed by atoms with Gasteiger partial charge in [0, 0.05) is 22.9 Å². The number of primary amides is 1. The minimum Gasteiger partial charge on any atom is -0.497 e. The standard InChI is InChI=1S/C29H26N2O2/c1-18-7-8-20(15-19(18)2)17-31-26-6-4-5-25(29(30)32)28(26)24-14-11-22(16-27(24)31)21-9-12-23(33-3)13-10-21/h4-16H,17H2,1-3H3,(H2,30,32). The lowest BCUT2D eigenvalue weighted by atomic mass is 10.0. The fraction of sp³-hybridized carbons (Fsp3) is 0.138. The van der Waals surface area contributed by atoms with Crippen molar-refractivity contribution in [2.45, 2.75) is 20.4 Å². The number of methoxy groups -OCH3 is 1. The van der Waals surface area contributed by atoms with Gasteiger partial charge in [-0.1, -0.05) is 48.5 Å². The maximum atomic E-state index is 12.3. The number of benzene rings is 4. The van der Waals surface area contributed by atoms with E-state index in [0.717, 1.165) is 38.7 Å². The van der Waals surface area contributed by atoms with E-state index in [-0.39, 0.29) is 0 Å². The summed E-state index contributed by atoms with van der Waals surface area (Å²) in [6.45, 7) is 4.97. The first-order chi connectivity index (χ1) is 16.0. The van der Waals surface area contributed by atoms with Crippen LogP contribution in [0.25, 0.3) is 32.9 Å². The summed E-state index contributed by atoms with van der Waals surface area (Å²) in [4.78, 5) is 12.3. The Morgan fingerprint density at radius 1 is 0.848 bits per heavy atom. The maximum Gasteiger partial charge on any atom is 0.249 e. The number of nitrogens with zero attached hydrogens (tertiary/aromatic N) is 1. The zero-order valence-corrected chi connectivity index (χ0v) is 19.1. The predicted octanol–water partition coefficient (Wildman–Crippen LogP) is 6.23. The van der Waals surface area contributed by atoms with Crippen LogP contribution in [-0.4, -0.2) is 17.6 Å². The second kappa shape index (κ2) is 8.14. The topological polar surface area (TPSA) is 57.2 Å². The first kappa shape index (κ1) is 20.8. The highest BCUT2D eigenvalue weighted by atomic mass is 16.5.